The first kappa shape index (κ1) is 40.4. The van der Waals surface area contributed by atoms with Gasteiger partial charge in [-0.15, -0.1) is 10.0 Å². The highest BCUT2D eigenvalue weighted by Gasteiger charge is 2.46. The average Bonchev–Trinajstić information content (AvgIpc) is 4.07. The van der Waals surface area contributed by atoms with Crippen LogP contribution in [0.25, 0.3) is 66.1 Å². The molecule has 11 aromatic carbocycles. The summed E-state index contributed by atoms with van der Waals surface area (Å²) in [7, 11) is -1.83. The van der Waals surface area contributed by atoms with Crippen LogP contribution in [-0.4, -0.2) is 9.13 Å². The van der Waals surface area contributed by atoms with Gasteiger partial charge in [-0.1, -0.05) is 182 Å². The Balaban J connectivity index is 0.979. The fourth-order valence-corrected chi connectivity index (χ4v) is 16.0. The minimum absolute atomic E-state index is 0.487. The Morgan fingerprint density at radius 3 is 1.34 bits per heavy atom. The molecule has 1 aliphatic carbocycles. The van der Waals surface area contributed by atoms with Gasteiger partial charge in [0.1, 0.15) is 0 Å². The predicted octanol–water partition coefficient (Wildman–Crippen LogP) is 17.6. The lowest BCUT2D eigenvalue weighted by Gasteiger charge is -2.42. The van der Waals surface area contributed by atoms with E-state index in [1.54, 1.807) is 0 Å². The summed E-state index contributed by atoms with van der Waals surface area (Å²) in [6.45, 7) is 0. The Hall–Kier alpha value is -8.63. The molecule has 0 saturated heterocycles. The van der Waals surface area contributed by atoms with Gasteiger partial charge in [0.15, 0.2) is 0 Å². The predicted molar refractivity (Wildman–Crippen MR) is 292 cm³/mol. The first-order chi connectivity index (χ1) is 34.8. The molecule has 2 aromatic heterocycles. The molecule has 0 bridgehead atoms. The zero-order valence-electron chi connectivity index (χ0n) is 38.4. The van der Waals surface area contributed by atoms with Gasteiger partial charge in [0, 0.05) is 46.8 Å². The lowest BCUT2D eigenvalue weighted by molar-refractivity contribution is 0.770. The molecular formula is C67H46N2S. The van der Waals surface area contributed by atoms with Crippen LogP contribution in [0.4, 0.5) is 0 Å². The van der Waals surface area contributed by atoms with Crippen molar-refractivity contribution in [1.29, 1.82) is 0 Å². The molecule has 2 heterocycles. The van der Waals surface area contributed by atoms with E-state index in [2.05, 4.69) is 288 Å². The van der Waals surface area contributed by atoms with Crippen molar-refractivity contribution < 1.29 is 0 Å². The van der Waals surface area contributed by atoms with E-state index in [1.165, 1.54) is 96.6 Å². The molecule has 0 N–H and O–H groups in total. The molecule has 14 rings (SSSR count). The van der Waals surface area contributed by atoms with Gasteiger partial charge in [-0.05, 0) is 130 Å². The van der Waals surface area contributed by atoms with Crippen LogP contribution in [0.15, 0.2) is 299 Å². The standard InChI is InChI=1S/C67H46N2S/c1-5-22-47(23-6-1)67(59-34-17-13-30-54(59)55-31-14-18-35-60(55)67)48-40-45-63-58(46-48)56-32-15-19-36-61(56)69(63)65-39-21-38-64-66(65)57-33-16-20-37-62(57)68(64)49-41-43-53(44-42-49)70(50-24-7-2-8-25-50,51-26-9-3-10-27-51)52-28-11-4-12-29-52/h1-46H. The van der Waals surface area contributed by atoms with E-state index >= 15 is 0 Å². The Bertz CT molecular complexity index is 3950. The Morgan fingerprint density at radius 2 is 0.743 bits per heavy atom. The molecule has 0 saturated carbocycles. The highest BCUT2D eigenvalue weighted by atomic mass is 32.3. The van der Waals surface area contributed by atoms with Gasteiger partial charge in [0.2, 0.25) is 0 Å². The molecule has 0 unspecified atom stereocenters. The molecule has 70 heavy (non-hydrogen) atoms. The topological polar surface area (TPSA) is 9.86 Å². The van der Waals surface area contributed by atoms with Crippen LogP contribution < -0.4 is 0 Å². The number of rotatable bonds is 8. The van der Waals surface area contributed by atoms with Crippen LogP contribution >= 0.6 is 10.0 Å². The fraction of sp³-hybridized carbons (Fsp3) is 0.0149. The number of hydrogen-bond donors (Lipinski definition) is 0. The summed E-state index contributed by atoms with van der Waals surface area (Å²) in [4.78, 5) is 5.23. The van der Waals surface area contributed by atoms with Crippen molar-refractivity contribution in [3.8, 4) is 22.5 Å². The third-order valence-electron chi connectivity index (χ3n) is 14.9. The second-order valence-corrected chi connectivity index (χ2v) is 21.5. The highest BCUT2D eigenvalue weighted by Crippen LogP contribution is 2.73. The van der Waals surface area contributed by atoms with Crippen LogP contribution in [0.5, 0.6) is 0 Å². The molecule has 0 spiro atoms. The molecule has 0 amide bonds. The van der Waals surface area contributed by atoms with E-state index in [1.807, 2.05) is 0 Å². The Morgan fingerprint density at radius 1 is 0.286 bits per heavy atom. The molecule has 1 aliphatic rings. The van der Waals surface area contributed by atoms with Crippen LogP contribution in [0, 0.1) is 0 Å². The number of fused-ring (bicyclic) bond motifs is 9. The van der Waals surface area contributed by atoms with Gasteiger partial charge in [0.05, 0.1) is 33.2 Å². The maximum absolute atomic E-state index is 2.51. The van der Waals surface area contributed by atoms with Gasteiger partial charge in [-0.3, -0.25) is 0 Å². The number of aromatic nitrogens is 2. The van der Waals surface area contributed by atoms with Crippen molar-refractivity contribution in [2.75, 3.05) is 0 Å². The van der Waals surface area contributed by atoms with Gasteiger partial charge >= 0.3 is 0 Å². The summed E-state index contributed by atoms with van der Waals surface area (Å²) in [6.07, 6.45) is 0. The SMILES string of the molecule is c1ccc(C2(c3ccc4c(c3)c3ccccc3n4-c3cccc4c3c3ccccc3n4-c3ccc(S(c4ccccc4)(c4ccccc4)c4ccccc4)cc3)c3ccccc3-c3ccccc32)cc1. The minimum Gasteiger partial charge on any atom is -0.309 e. The van der Waals surface area contributed by atoms with Gasteiger partial charge < -0.3 is 9.13 Å². The first-order valence-corrected chi connectivity index (χ1v) is 25.8. The Kier molecular flexibility index (Phi) is 9.24. The van der Waals surface area contributed by atoms with Crippen LogP contribution in [0.2, 0.25) is 0 Å². The van der Waals surface area contributed by atoms with Crippen molar-refractivity contribution in [1.82, 2.24) is 9.13 Å². The quantitative estimate of drug-likeness (QED) is 0.144. The van der Waals surface area contributed by atoms with Crippen molar-refractivity contribution in [3.05, 3.63) is 301 Å². The Labute approximate surface area is 409 Å². The second kappa shape index (κ2) is 16.0. The van der Waals surface area contributed by atoms with Crippen LogP contribution in [0.1, 0.15) is 22.3 Å². The molecule has 2 nitrogen and oxygen atoms in total. The molecule has 13 aromatic rings. The molecular weight excluding hydrogens is 865 g/mol. The largest absolute Gasteiger partial charge is 0.309 e. The van der Waals surface area contributed by atoms with E-state index in [0.29, 0.717) is 0 Å². The summed E-state index contributed by atoms with van der Waals surface area (Å²) < 4.78 is 4.98. The van der Waals surface area contributed by atoms with Crippen LogP contribution in [0.3, 0.4) is 0 Å². The van der Waals surface area contributed by atoms with E-state index in [9.17, 15) is 0 Å². The normalized spacial score (nSPS) is 13.2. The minimum atomic E-state index is -1.83. The van der Waals surface area contributed by atoms with Gasteiger partial charge in [0.25, 0.3) is 0 Å². The number of nitrogens with zero attached hydrogens (tertiary/aromatic N) is 2. The van der Waals surface area contributed by atoms with Crippen molar-refractivity contribution in [2.24, 2.45) is 0 Å². The zero-order valence-corrected chi connectivity index (χ0v) is 39.2. The number of hydrogen-bond acceptors (Lipinski definition) is 0. The summed E-state index contributed by atoms with van der Waals surface area (Å²) in [5.41, 5.74) is 14.3. The third-order valence-corrected chi connectivity index (χ3v) is 18.8. The van der Waals surface area contributed by atoms with Crippen molar-refractivity contribution in [3.63, 3.8) is 0 Å². The van der Waals surface area contributed by atoms with Crippen LogP contribution in [-0.2, 0) is 5.41 Å². The fourth-order valence-electron chi connectivity index (χ4n) is 12.1. The van der Waals surface area contributed by atoms with Crippen molar-refractivity contribution in [2.45, 2.75) is 25.0 Å². The summed E-state index contributed by atoms with van der Waals surface area (Å²) in [6, 6.07) is 104. The summed E-state index contributed by atoms with van der Waals surface area (Å²) >= 11 is 0. The van der Waals surface area contributed by atoms with E-state index in [-0.39, 0.29) is 0 Å². The van der Waals surface area contributed by atoms with E-state index in [0.717, 1.165) is 11.4 Å². The molecule has 0 aliphatic heterocycles. The lowest BCUT2D eigenvalue weighted by Crippen LogP contribution is -2.28. The third kappa shape index (κ3) is 5.70. The molecule has 0 radical (unpaired) electrons. The molecule has 330 valence electrons. The zero-order chi connectivity index (χ0) is 46.2. The van der Waals surface area contributed by atoms with Gasteiger partial charge in [-0.2, -0.15) is 0 Å². The van der Waals surface area contributed by atoms with E-state index in [4.69, 9.17) is 0 Å². The maximum atomic E-state index is 2.51. The van der Waals surface area contributed by atoms with E-state index < -0.39 is 15.4 Å². The second-order valence-electron chi connectivity index (χ2n) is 18.4. The number of para-hydroxylation sites is 2. The lowest BCUT2D eigenvalue weighted by atomic mass is 9.67. The summed E-state index contributed by atoms with van der Waals surface area (Å²) in [5.74, 6) is 0. The van der Waals surface area contributed by atoms with Crippen molar-refractivity contribution >= 4 is 53.6 Å². The maximum Gasteiger partial charge on any atom is 0.0713 e. The van der Waals surface area contributed by atoms with Gasteiger partial charge in [-0.25, -0.2) is 0 Å². The highest BCUT2D eigenvalue weighted by molar-refractivity contribution is 8.34. The molecule has 0 fully saturated rings. The first-order valence-electron chi connectivity index (χ1n) is 24.2. The summed E-state index contributed by atoms with van der Waals surface area (Å²) in [5, 5.41) is 4.92. The average molecular weight is 911 g/mol. The number of benzene rings is 11. The smallest absolute Gasteiger partial charge is 0.0713 e. The monoisotopic (exact) mass is 910 g/mol. The molecule has 0 atom stereocenters. The molecule has 3 heteroatoms.